The molecule has 3 heteroatoms. The predicted octanol–water partition coefficient (Wildman–Crippen LogP) is 4.17. The number of benzene rings is 1. The van der Waals surface area contributed by atoms with Crippen molar-refractivity contribution >= 4 is 21.6 Å². The van der Waals surface area contributed by atoms with Crippen LogP contribution in [0.2, 0.25) is 0 Å². The van der Waals surface area contributed by atoms with Crippen LogP contribution >= 0.6 is 15.9 Å². The smallest absolute Gasteiger partial charge is 0.137 e. The van der Waals surface area contributed by atoms with Gasteiger partial charge in [-0.25, -0.2) is 4.98 Å². The summed E-state index contributed by atoms with van der Waals surface area (Å²) in [4.78, 5) is 4.84. The first kappa shape index (κ1) is 11.2. The summed E-state index contributed by atoms with van der Waals surface area (Å²) in [7, 11) is 0. The first-order valence-corrected chi connectivity index (χ1v) is 7.29. The van der Waals surface area contributed by atoms with Crippen molar-refractivity contribution in [2.24, 2.45) is 0 Å². The minimum atomic E-state index is 1.04. The first-order chi connectivity index (χ1) is 9.24. The van der Waals surface area contributed by atoms with Crippen LogP contribution in [-0.4, -0.2) is 9.38 Å². The van der Waals surface area contributed by atoms with Gasteiger partial charge in [0.25, 0.3) is 0 Å². The topological polar surface area (TPSA) is 17.3 Å². The summed E-state index contributed by atoms with van der Waals surface area (Å²) in [5.74, 6) is 0. The van der Waals surface area contributed by atoms with Gasteiger partial charge in [0.15, 0.2) is 0 Å². The number of hydrogen-bond donors (Lipinski definition) is 0. The number of rotatable bonds is 0. The van der Waals surface area contributed by atoms with Gasteiger partial charge in [0, 0.05) is 16.2 Å². The Kier molecular flexibility index (Phi) is 2.33. The van der Waals surface area contributed by atoms with Crippen LogP contribution in [0.15, 0.2) is 41.0 Å². The fraction of sp³-hybridized carbons (Fsp3) is 0.188. The monoisotopic (exact) mass is 312 g/mol. The molecule has 0 atom stereocenters. The number of imidazole rings is 1. The van der Waals surface area contributed by atoms with Gasteiger partial charge >= 0.3 is 0 Å². The molecule has 2 nitrogen and oxygen atoms in total. The molecule has 2 heterocycles. The Morgan fingerprint density at radius 1 is 1.21 bits per heavy atom. The molecule has 2 aromatic heterocycles. The Morgan fingerprint density at radius 2 is 2.05 bits per heavy atom. The molecule has 0 saturated heterocycles. The number of aryl methyl sites for hydroxylation is 3. The van der Waals surface area contributed by atoms with Crippen molar-refractivity contribution in [3.8, 4) is 11.3 Å². The molecule has 3 aromatic rings. The molecule has 0 spiro atoms. The summed E-state index contributed by atoms with van der Waals surface area (Å²) >= 11 is 3.61. The van der Waals surface area contributed by atoms with Crippen LogP contribution < -0.4 is 0 Å². The van der Waals surface area contributed by atoms with Gasteiger partial charge in [0.05, 0.1) is 11.4 Å². The van der Waals surface area contributed by atoms with E-state index in [9.17, 15) is 0 Å². The Labute approximate surface area is 120 Å². The molecule has 1 aliphatic carbocycles. The SMILES string of the molecule is Cc1cc2nc3c(n2cc1Br)CCc1ccccc1-3. The quantitative estimate of drug-likeness (QED) is 0.609. The summed E-state index contributed by atoms with van der Waals surface area (Å²) in [5, 5.41) is 0. The first-order valence-electron chi connectivity index (χ1n) is 6.49. The minimum absolute atomic E-state index is 1.04. The lowest BCUT2D eigenvalue weighted by Gasteiger charge is -2.15. The van der Waals surface area contributed by atoms with Gasteiger partial charge in [-0.15, -0.1) is 0 Å². The molecule has 4 rings (SSSR count). The fourth-order valence-electron chi connectivity index (χ4n) is 2.89. The van der Waals surface area contributed by atoms with Gasteiger partial charge in [-0.3, -0.25) is 0 Å². The highest BCUT2D eigenvalue weighted by Gasteiger charge is 2.21. The molecular formula is C16H13BrN2. The van der Waals surface area contributed by atoms with E-state index in [1.54, 1.807) is 0 Å². The lowest BCUT2D eigenvalue weighted by Crippen LogP contribution is -2.05. The normalized spacial score (nSPS) is 13.4. The number of pyridine rings is 1. The molecule has 1 aromatic carbocycles. The van der Waals surface area contributed by atoms with Crippen molar-refractivity contribution < 1.29 is 0 Å². The minimum Gasteiger partial charge on any atom is -0.302 e. The third-order valence-corrected chi connectivity index (χ3v) is 4.74. The highest BCUT2D eigenvalue weighted by atomic mass is 79.9. The third-order valence-electron chi connectivity index (χ3n) is 3.91. The molecule has 19 heavy (non-hydrogen) atoms. The van der Waals surface area contributed by atoms with Gasteiger partial charge < -0.3 is 4.40 Å². The third kappa shape index (κ3) is 1.58. The molecule has 0 saturated carbocycles. The van der Waals surface area contributed by atoms with Gasteiger partial charge in [0.1, 0.15) is 5.65 Å². The van der Waals surface area contributed by atoms with Gasteiger partial charge in [-0.1, -0.05) is 24.3 Å². The second-order valence-corrected chi connectivity index (χ2v) is 5.95. The van der Waals surface area contributed by atoms with Crippen LogP contribution in [0.25, 0.3) is 16.9 Å². The molecule has 0 amide bonds. The Bertz CT molecular complexity index is 802. The molecule has 0 radical (unpaired) electrons. The van der Waals surface area contributed by atoms with E-state index < -0.39 is 0 Å². The maximum absolute atomic E-state index is 4.84. The standard InChI is InChI=1S/C16H13BrN2/c1-10-8-15-18-16-12-5-3-2-4-11(12)6-7-14(16)19(15)9-13(10)17/h2-5,8-9H,6-7H2,1H3. The summed E-state index contributed by atoms with van der Waals surface area (Å²) in [6, 6.07) is 10.7. The number of fused-ring (bicyclic) bond motifs is 5. The predicted molar refractivity (Wildman–Crippen MR) is 80.5 cm³/mol. The van der Waals surface area contributed by atoms with Crippen LogP contribution in [0, 0.1) is 6.92 Å². The van der Waals surface area contributed by atoms with Gasteiger partial charge in [-0.2, -0.15) is 0 Å². The Balaban J connectivity index is 2.08. The Morgan fingerprint density at radius 3 is 2.95 bits per heavy atom. The molecule has 1 aliphatic rings. The van der Waals surface area contributed by atoms with E-state index in [2.05, 4.69) is 63.8 Å². The van der Waals surface area contributed by atoms with Gasteiger partial charge in [-0.05, 0) is 52.9 Å². The van der Waals surface area contributed by atoms with Crippen LogP contribution in [0.5, 0.6) is 0 Å². The molecule has 0 aliphatic heterocycles. The van der Waals surface area contributed by atoms with Crippen molar-refractivity contribution in [1.82, 2.24) is 9.38 Å². The highest BCUT2D eigenvalue weighted by molar-refractivity contribution is 9.10. The molecule has 94 valence electrons. The van der Waals surface area contributed by atoms with Crippen molar-refractivity contribution in [1.29, 1.82) is 0 Å². The zero-order chi connectivity index (χ0) is 13.0. The van der Waals surface area contributed by atoms with E-state index in [0.29, 0.717) is 0 Å². The maximum atomic E-state index is 4.84. The van der Waals surface area contributed by atoms with Crippen molar-refractivity contribution in [2.45, 2.75) is 19.8 Å². The van der Waals surface area contributed by atoms with E-state index in [1.807, 2.05) is 0 Å². The van der Waals surface area contributed by atoms with Crippen LogP contribution in [0.3, 0.4) is 0 Å². The number of hydrogen-bond acceptors (Lipinski definition) is 1. The van der Waals surface area contributed by atoms with Crippen LogP contribution in [0.4, 0.5) is 0 Å². The fourth-order valence-corrected chi connectivity index (χ4v) is 3.21. The second-order valence-electron chi connectivity index (χ2n) is 5.10. The number of aromatic nitrogens is 2. The van der Waals surface area contributed by atoms with Crippen molar-refractivity contribution in [3.05, 3.63) is 57.8 Å². The average Bonchev–Trinajstić information content (AvgIpc) is 2.77. The second kappa shape index (κ2) is 3.94. The van der Waals surface area contributed by atoms with Crippen LogP contribution in [-0.2, 0) is 12.8 Å². The highest BCUT2D eigenvalue weighted by Crippen LogP contribution is 2.34. The van der Waals surface area contributed by atoms with E-state index in [4.69, 9.17) is 4.98 Å². The van der Waals surface area contributed by atoms with Gasteiger partial charge in [0.2, 0.25) is 0 Å². The Hall–Kier alpha value is -1.61. The van der Waals surface area contributed by atoms with E-state index >= 15 is 0 Å². The average molecular weight is 313 g/mol. The van der Waals surface area contributed by atoms with Crippen molar-refractivity contribution in [2.75, 3.05) is 0 Å². The molecule has 0 fully saturated rings. The largest absolute Gasteiger partial charge is 0.302 e. The number of halogens is 1. The summed E-state index contributed by atoms with van der Waals surface area (Å²) in [6.45, 7) is 2.10. The lowest BCUT2D eigenvalue weighted by molar-refractivity contribution is 0.879. The van der Waals surface area contributed by atoms with Crippen LogP contribution in [0.1, 0.15) is 16.8 Å². The van der Waals surface area contributed by atoms with E-state index in [0.717, 1.165) is 28.7 Å². The van der Waals surface area contributed by atoms with E-state index in [1.165, 1.54) is 22.4 Å². The zero-order valence-electron chi connectivity index (χ0n) is 10.7. The molecule has 0 N–H and O–H groups in total. The lowest BCUT2D eigenvalue weighted by atomic mass is 9.92. The number of nitrogens with zero attached hydrogens (tertiary/aromatic N) is 2. The summed E-state index contributed by atoms with van der Waals surface area (Å²) < 4.78 is 3.36. The van der Waals surface area contributed by atoms with E-state index in [-0.39, 0.29) is 0 Å². The van der Waals surface area contributed by atoms with Crippen molar-refractivity contribution in [3.63, 3.8) is 0 Å². The molecular weight excluding hydrogens is 300 g/mol. The molecule has 0 unspecified atom stereocenters. The molecule has 0 bridgehead atoms. The zero-order valence-corrected chi connectivity index (χ0v) is 12.2. The maximum Gasteiger partial charge on any atom is 0.137 e. The summed E-state index contributed by atoms with van der Waals surface area (Å²) in [5.41, 5.74) is 7.45. The summed E-state index contributed by atoms with van der Waals surface area (Å²) in [6.07, 6.45) is 4.30.